The number of nitrogens with zero attached hydrogens (tertiary/aromatic N) is 1. The molecule has 0 heterocycles. The lowest BCUT2D eigenvalue weighted by Crippen LogP contribution is -2.18. The minimum atomic E-state index is -0.464. The highest BCUT2D eigenvalue weighted by Crippen LogP contribution is 2.31. The number of methoxy groups -OCH3 is 2. The van der Waals surface area contributed by atoms with Gasteiger partial charge in [0.05, 0.1) is 25.6 Å². The first-order valence-corrected chi connectivity index (χ1v) is 6.52. The molecule has 5 heteroatoms. The Balaban J connectivity index is 2.25. The predicted molar refractivity (Wildman–Crippen MR) is 82.5 cm³/mol. The summed E-state index contributed by atoms with van der Waals surface area (Å²) in [7, 11) is 4.95. The number of ether oxygens (including phenoxy) is 2. The molecule has 0 saturated carbocycles. The standard InChI is InChI=1S/C16H19FN2O2/c1-19(10-11-5-4-6-12(7-11)20-2)15-9-16(21-3)13(17)8-14(15)18/h4-9H,10,18H2,1-3H3. The number of hydrogen-bond acceptors (Lipinski definition) is 4. The Morgan fingerprint density at radius 1 is 1.14 bits per heavy atom. The number of halogens is 1. The van der Waals surface area contributed by atoms with E-state index in [-0.39, 0.29) is 5.75 Å². The highest BCUT2D eigenvalue weighted by molar-refractivity contribution is 5.69. The van der Waals surface area contributed by atoms with Crippen molar-refractivity contribution in [1.82, 2.24) is 0 Å². The van der Waals surface area contributed by atoms with Crippen molar-refractivity contribution in [3.8, 4) is 11.5 Å². The van der Waals surface area contributed by atoms with Gasteiger partial charge in [-0.1, -0.05) is 12.1 Å². The molecule has 0 aliphatic rings. The van der Waals surface area contributed by atoms with Gasteiger partial charge in [-0.3, -0.25) is 0 Å². The number of hydrogen-bond donors (Lipinski definition) is 1. The van der Waals surface area contributed by atoms with Crippen molar-refractivity contribution >= 4 is 11.4 Å². The van der Waals surface area contributed by atoms with Crippen molar-refractivity contribution in [2.75, 3.05) is 31.9 Å². The molecular weight excluding hydrogens is 271 g/mol. The fourth-order valence-corrected chi connectivity index (χ4v) is 2.17. The Kier molecular flexibility index (Phi) is 4.52. The van der Waals surface area contributed by atoms with E-state index in [0.717, 1.165) is 17.0 Å². The van der Waals surface area contributed by atoms with Crippen LogP contribution in [0.3, 0.4) is 0 Å². The molecule has 0 atom stereocenters. The lowest BCUT2D eigenvalue weighted by Gasteiger charge is -2.22. The van der Waals surface area contributed by atoms with E-state index in [9.17, 15) is 4.39 Å². The van der Waals surface area contributed by atoms with Crippen molar-refractivity contribution in [2.45, 2.75) is 6.54 Å². The molecule has 0 aromatic heterocycles. The third kappa shape index (κ3) is 3.37. The molecule has 112 valence electrons. The van der Waals surface area contributed by atoms with Gasteiger partial charge in [0.1, 0.15) is 5.75 Å². The highest BCUT2D eigenvalue weighted by atomic mass is 19.1. The van der Waals surface area contributed by atoms with Crippen molar-refractivity contribution in [3.63, 3.8) is 0 Å². The van der Waals surface area contributed by atoms with Gasteiger partial charge in [-0.25, -0.2) is 4.39 Å². The number of rotatable bonds is 5. The summed E-state index contributed by atoms with van der Waals surface area (Å²) in [5.74, 6) is 0.510. The van der Waals surface area contributed by atoms with E-state index < -0.39 is 5.82 Å². The maximum atomic E-state index is 13.6. The summed E-state index contributed by atoms with van der Waals surface area (Å²) in [6.07, 6.45) is 0. The summed E-state index contributed by atoms with van der Waals surface area (Å²) < 4.78 is 23.8. The molecule has 2 aromatic rings. The minimum Gasteiger partial charge on any atom is -0.497 e. The van der Waals surface area contributed by atoms with Crippen LogP contribution < -0.4 is 20.1 Å². The molecule has 2 aromatic carbocycles. The Bertz CT molecular complexity index is 632. The zero-order valence-electron chi connectivity index (χ0n) is 12.4. The normalized spacial score (nSPS) is 10.3. The first-order valence-electron chi connectivity index (χ1n) is 6.52. The fraction of sp³-hybridized carbons (Fsp3) is 0.250. The monoisotopic (exact) mass is 290 g/mol. The van der Waals surface area contributed by atoms with Crippen LogP contribution in [-0.2, 0) is 6.54 Å². The molecule has 2 rings (SSSR count). The average Bonchev–Trinajstić information content (AvgIpc) is 2.47. The van der Waals surface area contributed by atoms with E-state index in [1.54, 1.807) is 13.2 Å². The minimum absolute atomic E-state index is 0.177. The molecule has 0 aliphatic carbocycles. The second-order valence-corrected chi connectivity index (χ2v) is 4.75. The van der Waals surface area contributed by atoms with Crippen molar-refractivity contribution in [1.29, 1.82) is 0 Å². The fourth-order valence-electron chi connectivity index (χ4n) is 2.17. The molecule has 0 spiro atoms. The highest BCUT2D eigenvalue weighted by Gasteiger charge is 2.12. The molecule has 0 aliphatic heterocycles. The second-order valence-electron chi connectivity index (χ2n) is 4.75. The predicted octanol–water partition coefficient (Wildman–Crippen LogP) is 3.06. The molecule has 0 fully saturated rings. The molecule has 0 radical (unpaired) electrons. The molecule has 21 heavy (non-hydrogen) atoms. The van der Waals surface area contributed by atoms with Gasteiger partial charge in [0.25, 0.3) is 0 Å². The maximum absolute atomic E-state index is 13.6. The smallest absolute Gasteiger partial charge is 0.167 e. The Labute approximate surface area is 123 Å². The molecular formula is C16H19FN2O2. The number of anilines is 2. The summed E-state index contributed by atoms with van der Waals surface area (Å²) in [6, 6.07) is 10.6. The summed E-state index contributed by atoms with van der Waals surface area (Å²) in [6.45, 7) is 0.621. The number of nitrogen functional groups attached to an aromatic ring is 1. The van der Waals surface area contributed by atoms with Crippen molar-refractivity contribution < 1.29 is 13.9 Å². The van der Waals surface area contributed by atoms with Crippen LogP contribution in [-0.4, -0.2) is 21.3 Å². The average molecular weight is 290 g/mol. The quantitative estimate of drug-likeness (QED) is 0.860. The molecule has 0 saturated heterocycles. The Hall–Kier alpha value is -2.43. The van der Waals surface area contributed by atoms with Crippen LogP contribution >= 0.6 is 0 Å². The van der Waals surface area contributed by atoms with Crippen molar-refractivity contribution in [3.05, 3.63) is 47.8 Å². The summed E-state index contributed by atoms with van der Waals surface area (Å²) in [5.41, 5.74) is 8.06. The van der Waals surface area contributed by atoms with Crippen LogP contribution in [0.2, 0.25) is 0 Å². The third-order valence-corrected chi connectivity index (χ3v) is 3.27. The van der Waals surface area contributed by atoms with E-state index in [0.29, 0.717) is 12.2 Å². The van der Waals surface area contributed by atoms with Crippen LogP contribution in [0.5, 0.6) is 11.5 Å². The molecule has 0 bridgehead atoms. The Morgan fingerprint density at radius 3 is 2.57 bits per heavy atom. The topological polar surface area (TPSA) is 47.7 Å². The maximum Gasteiger partial charge on any atom is 0.167 e. The Morgan fingerprint density at radius 2 is 1.90 bits per heavy atom. The van der Waals surface area contributed by atoms with Crippen molar-refractivity contribution in [2.24, 2.45) is 0 Å². The van der Waals surface area contributed by atoms with Crippen LogP contribution in [0.15, 0.2) is 36.4 Å². The van der Waals surface area contributed by atoms with Gasteiger partial charge in [0, 0.05) is 25.7 Å². The van der Waals surface area contributed by atoms with E-state index in [1.165, 1.54) is 13.2 Å². The molecule has 2 N–H and O–H groups in total. The van der Waals surface area contributed by atoms with Crippen LogP contribution in [0.25, 0.3) is 0 Å². The zero-order valence-corrected chi connectivity index (χ0v) is 12.4. The van der Waals surface area contributed by atoms with Gasteiger partial charge in [0.2, 0.25) is 0 Å². The van der Waals surface area contributed by atoms with Gasteiger partial charge >= 0.3 is 0 Å². The number of nitrogens with two attached hydrogens (primary N) is 1. The van der Waals surface area contributed by atoms with Gasteiger partial charge in [-0.05, 0) is 17.7 Å². The molecule has 0 amide bonds. The first-order chi connectivity index (χ1) is 10.0. The molecule has 0 unspecified atom stereocenters. The van der Waals surface area contributed by atoms with Gasteiger partial charge in [-0.15, -0.1) is 0 Å². The lowest BCUT2D eigenvalue weighted by atomic mass is 10.1. The lowest BCUT2D eigenvalue weighted by molar-refractivity contribution is 0.387. The van der Waals surface area contributed by atoms with Crippen LogP contribution in [0.1, 0.15) is 5.56 Å². The SMILES string of the molecule is COc1cccc(CN(C)c2cc(OC)c(F)cc2N)c1. The van der Waals surface area contributed by atoms with Gasteiger partial charge in [-0.2, -0.15) is 0 Å². The van der Waals surface area contributed by atoms with E-state index >= 15 is 0 Å². The van der Waals surface area contributed by atoms with Gasteiger partial charge < -0.3 is 20.1 Å². The second kappa shape index (κ2) is 6.35. The summed E-state index contributed by atoms with van der Waals surface area (Å²) in [4.78, 5) is 1.94. The third-order valence-electron chi connectivity index (χ3n) is 3.27. The first kappa shape index (κ1) is 15.0. The van der Waals surface area contributed by atoms with Gasteiger partial charge in [0.15, 0.2) is 11.6 Å². The number of benzene rings is 2. The van der Waals surface area contributed by atoms with E-state index in [4.69, 9.17) is 15.2 Å². The van der Waals surface area contributed by atoms with E-state index in [1.807, 2.05) is 36.2 Å². The van der Waals surface area contributed by atoms with Crippen LogP contribution in [0.4, 0.5) is 15.8 Å². The summed E-state index contributed by atoms with van der Waals surface area (Å²) >= 11 is 0. The zero-order chi connectivity index (χ0) is 15.4. The van der Waals surface area contributed by atoms with E-state index in [2.05, 4.69) is 0 Å². The largest absolute Gasteiger partial charge is 0.497 e. The van der Waals surface area contributed by atoms with Crippen LogP contribution in [0, 0.1) is 5.82 Å². The molecule has 4 nitrogen and oxygen atoms in total. The summed E-state index contributed by atoms with van der Waals surface area (Å²) in [5, 5.41) is 0.